The quantitative estimate of drug-likeness (QED) is 0.361. The Kier molecular flexibility index (Phi) is 5.73. The van der Waals surface area contributed by atoms with E-state index in [0.29, 0.717) is 5.82 Å². The molecule has 0 aliphatic carbocycles. The van der Waals surface area contributed by atoms with Crippen LogP contribution in [0.25, 0.3) is 21.3 Å². The van der Waals surface area contributed by atoms with Crippen molar-refractivity contribution in [3.63, 3.8) is 0 Å². The van der Waals surface area contributed by atoms with Crippen molar-refractivity contribution in [1.82, 2.24) is 14.9 Å². The topological polar surface area (TPSA) is 71.8 Å². The molecule has 0 radical (unpaired) electrons. The van der Waals surface area contributed by atoms with E-state index >= 15 is 0 Å². The molecule has 2 aromatic carbocycles. The number of benzene rings is 2. The Hall–Kier alpha value is -3.07. The molecule has 6 nitrogen and oxygen atoms in total. The number of carbonyl (C=O) groups is 1. The molecule has 2 N–H and O–H groups in total. The Labute approximate surface area is 198 Å². The van der Waals surface area contributed by atoms with Crippen LogP contribution in [0, 0.1) is 6.92 Å². The number of carbonyl (C=O) groups excluding carboxylic acids is 1. The molecule has 1 amide bonds. The van der Waals surface area contributed by atoms with Crippen molar-refractivity contribution in [1.29, 1.82) is 0 Å². The minimum atomic E-state index is -0.238. The molecule has 1 aliphatic heterocycles. The lowest BCUT2D eigenvalue weighted by molar-refractivity contribution is -0.113. The van der Waals surface area contributed by atoms with Gasteiger partial charge in [0.15, 0.2) is 5.82 Å². The largest absolute Gasteiger partial charge is 0.317 e. The van der Waals surface area contributed by atoms with Crippen LogP contribution in [0.5, 0.6) is 0 Å². The van der Waals surface area contributed by atoms with E-state index in [4.69, 9.17) is 11.6 Å². The lowest BCUT2D eigenvalue weighted by Crippen LogP contribution is -2.20. The van der Waals surface area contributed by atoms with Crippen LogP contribution in [-0.4, -0.2) is 26.7 Å². The van der Waals surface area contributed by atoms with E-state index in [9.17, 15) is 4.79 Å². The second-order valence-corrected chi connectivity index (χ2v) is 9.39. The highest BCUT2D eigenvalue weighted by Crippen LogP contribution is 2.44. The van der Waals surface area contributed by atoms with Crippen LogP contribution in [0.15, 0.2) is 71.9 Å². The Bertz CT molecular complexity index is 1310. The number of fused-ring (bicyclic) bond motifs is 1. The Morgan fingerprint density at radius 3 is 2.44 bits per heavy atom. The maximum atomic E-state index is 11.7. The number of halogens is 1. The first-order valence-corrected chi connectivity index (χ1v) is 12.0. The Balaban J connectivity index is 1.58. The van der Waals surface area contributed by atoms with Gasteiger partial charge in [0.2, 0.25) is 11.1 Å². The smallest absolute Gasteiger partial charge is 0.239 e. The average Bonchev–Trinajstić information content (AvgIpc) is 3.41. The van der Waals surface area contributed by atoms with Gasteiger partial charge in [-0.1, -0.05) is 60.7 Å². The van der Waals surface area contributed by atoms with Crippen LogP contribution in [0.1, 0.15) is 16.7 Å². The third-order valence-corrected chi connectivity index (χ3v) is 7.36. The molecule has 160 valence electrons. The highest BCUT2D eigenvalue weighted by molar-refractivity contribution is 8.08. The third-order valence-electron chi connectivity index (χ3n) is 4.88. The highest BCUT2D eigenvalue weighted by Gasteiger charge is 2.27. The fourth-order valence-corrected chi connectivity index (χ4v) is 5.56. The van der Waals surface area contributed by atoms with E-state index in [1.807, 2.05) is 54.1 Å². The van der Waals surface area contributed by atoms with Crippen molar-refractivity contribution in [2.24, 2.45) is 0 Å². The molecule has 2 aromatic heterocycles. The SMILES string of the molecule is Cc1cc(NC(=O)CCl)sc1-c1nnc2n1NC(c1ccccc1)=C(c1ccccc1)S2. The number of thioether (sulfide) groups is 1. The van der Waals surface area contributed by atoms with Gasteiger partial charge in [0.05, 0.1) is 15.6 Å². The predicted octanol–water partition coefficient (Wildman–Crippen LogP) is 5.67. The number of thiophene rings is 1. The summed E-state index contributed by atoms with van der Waals surface area (Å²) in [6.45, 7) is 1.99. The molecule has 3 heterocycles. The van der Waals surface area contributed by atoms with E-state index in [-0.39, 0.29) is 11.8 Å². The first-order valence-electron chi connectivity index (χ1n) is 9.86. The van der Waals surface area contributed by atoms with Gasteiger partial charge in [0, 0.05) is 10.5 Å². The summed E-state index contributed by atoms with van der Waals surface area (Å²) in [6.07, 6.45) is 0. The normalized spacial score (nSPS) is 12.9. The minimum absolute atomic E-state index is 0.0850. The van der Waals surface area contributed by atoms with Crippen molar-refractivity contribution in [2.75, 3.05) is 16.6 Å². The molecule has 0 bridgehead atoms. The zero-order chi connectivity index (χ0) is 22.1. The second-order valence-electron chi connectivity index (χ2n) is 7.10. The maximum Gasteiger partial charge on any atom is 0.239 e. The second kappa shape index (κ2) is 8.82. The third kappa shape index (κ3) is 3.92. The standard InChI is InChI=1S/C23H18ClN5OS2/c1-14-12-18(25-17(30)13-24)31-20(14)22-26-27-23-29(22)28-19(15-8-4-2-5-9-15)21(32-23)16-10-6-3-7-11-16/h2-12,28H,13H2,1H3,(H,25,30). The summed E-state index contributed by atoms with van der Waals surface area (Å²) >= 11 is 8.66. The molecule has 0 unspecified atom stereocenters. The van der Waals surface area contributed by atoms with Crippen molar-refractivity contribution < 1.29 is 4.79 Å². The highest BCUT2D eigenvalue weighted by atomic mass is 35.5. The van der Waals surface area contributed by atoms with Gasteiger partial charge in [-0.2, -0.15) is 0 Å². The lowest BCUT2D eigenvalue weighted by Gasteiger charge is -2.24. The summed E-state index contributed by atoms with van der Waals surface area (Å²) in [5, 5.41) is 13.2. The summed E-state index contributed by atoms with van der Waals surface area (Å²) in [6, 6.07) is 22.4. The average molecular weight is 480 g/mol. The van der Waals surface area contributed by atoms with Crippen LogP contribution < -0.4 is 10.7 Å². The fraction of sp³-hybridized carbons (Fsp3) is 0.0870. The number of alkyl halides is 1. The van der Waals surface area contributed by atoms with Gasteiger partial charge >= 0.3 is 0 Å². The molecule has 9 heteroatoms. The number of rotatable bonds is 5. The summed E-state index contributed by atoms with van der Waals surface area (Å²) in [4.78, 5) is 13.7. The monoisotopic (exact) mass is 479 g/mol. The zero-order valence-electron chi connectivity index (χ0n) is 17.0. The summed E-state index contributed by atoms with van der Waals surface area (Å²) in [5.74, 6) is 0.373. The van der Waals surface area contributed by atoms with E-state index in [2.05, 4.69) is 45.2 Å². The molecule has 0 atom stereocenters. The van der Waals surface area contributed by atoms with E-state index in [0.717, 1.165) is 42.3 Å². The van der Waals surface area contributed by atoms with Crippen molar-refractivity contribution >= 4 is 56.2 Å². The number of aryl methyl sites for hydroxylation is 1. The van der Waals surface area contributed by atoms with Crippen LogP contribution in [0.3, 0.4) is 0 Å². The van der Waals surface area contributed by atoms with Crippen molar-refractivity contribution in [2.45, 2.75) is 12.1 Å². The molecule has 0 saturated heterocycles. The van der Waals surface area contributed by atoms with E-state index in [1.54, 1.807) is 11.8 Å². The Morgan fingerprint density at radius 1 is 1.06 bits per heavy atom. The summed E-state index contributed by atoms with van der Waals surface area (Å²) in [7, 11) is 0. The molecular formula is C23H18ClN5OS2. The van der Waals surface area contributed by atoms with Crippen LogP contribution >= 0.6 is 34.7 Å². The molecule has 0 spiro atoms. The minimum Gasteiger partial charge on any atom is -0.317 e. The van der Waals surface area contributed by atoms with Gasteiger partial charge in [0.1, 0.15) is 5.88 Å². The van der Waals surface area contributed by atoms with Gasteiger partial charge in [-0.05, 0) is 35.9 Å². The van der Waals surface area contributed by atoms with Crippen LogP contribution in [0.4, 0.5) is 5.00 Å². The van der Waals surface area contributed by atoms with Crippen molar-refractivity contribution in [3.8, 4) is 10.7 Å². The molecule has 4 aromatic rings. The number of hydrogen-bond acceptors (Lipinski definition) is 6. The van der Waals surface area contributed by atoms with Gasteiger partial charge < -0.3 is 5.32 Å². The van der Waals surface area contributed by atoms with Gasteiger partial charge in [-0.25, -0.2) is 4.68 Å². The van der Waals surface area contributed by atoms with Crippen molar-refractivity contribution in [3.05, 3.63) is 83.4 Å². The van der Waals surface area contributed by atoms with Gasteiger partial charge in [0.25, 0.3) is 0 Å². The first-order chi connectivity index (χ1) is 15.6. The fourth-order valence-electron chi connectivity index (χ4n) is 3.42. The van der Waals surface area contributed by atoms with E-state index < -0.39 is 0 Å². The summed E-state index contributed by atoms with van der Waals surface area (Å²) < 4.78 is 1.91. The molecule has 0 fully saturated rings. The van der Waals surface area contributed by atoms with Gasteiger partial charge in [-0.15, -0.1) is 33.1 Å². The number of amides is 1. The van der Waals surface area contributed by atoms with Crippen LogP contribution in [0.2, 0.25) is 0 Å². The first kappa shape index (κ1) is 20.8. The number of nitrogens with one attached hydrogen (secondary N) is 2. The molecule has 5 rings (SSSR count). The van der Waals surface area contributed by atoms with E-state index in [1.165, 1.54) is 11.3 Å². The molecular weight excluding hydrogens is 462 g/mol. The number of hydrogen-bond donors (Lipinski definition) is 2. The molecule has 32 heavy (non-hydrogen) atoms. The lowest BCUT2D eigenvalue weighted by atomic mass is 10.1. The Morgan fingerprint density at radius 2 is 1.75 bits per heavy atom. The van der Waals surface area contributed by atoms with Crippen LogP contribution in [-0.2, 0) is 4.79 Å². The number of aromatic nitrogens is 3. The molecule has 1 aliphatic rings. The maximum absolute atomic E-state index is 11.7. The predicted molar refractivity (Wildman–Crippen MR) is 132 cm³/mol. The van der Waals surface area contributed by atoms with Gasteiger partial charge in [-0.3, -0.25) is 10.2 Å². The number of anilines is 1. The summed E-state index contributed by atoms with van der Waals surface area (Å²) in [5.41, 5.74) is 7.71. The molecule has 0 saturated carbocycles. The zero-order valence-corrected chi connectivity index (χ0v) is 19.4. The number of nitrogens with zero attached hydrogens (tertiary/aromatic N) is 3.